The van der Waals surface area contributed by atoms with Crippen LogP contribution in [-0.4, -0.2) is 44.9 Å². The smallest absolute Gasteiger partial charge is 0.322 e. The molecule has 3 rings (SSSR count). The van der Waals surface area contributed by atoms with Crippen LogP contribution in [0.25, 0.3) is 0 Å². The van der Waals surface area contributed by atoms with Crippen LogP contribution in [0.4, 0.5) is 11.9 Å². The van der Waals surface area contributed by atoms with E-state index in [0.717, 1.165) is 24.3 Å². The zero-order valence-corrected chi connectivity index (χ0v) is 14.6. The SMILES string of the molecule is COc1nc(NCc2cnn(C)c2C)nc(N2CCCCCC2)n1. The normalized spacial score (nSPS) is 15.2. The number of hydrogen-bond donors (Lipinski definition) is 1. The molecule has 130 valence electrons. The molecule has 2 aromatic heterocycles. The minimum Gasteiger partial charge on any atom is -0.467 e. The Labute approximate surface area is 142 Å². The van der Waals surface area contributed by atoms with Crippen LogP contribution >= 0.6 is 0 Å². The third-order valence-electron chi connectivity index (χ3n) is 4.45. The Balaban J connectivity index is 1.76. The van der Waals surface area contributed by atoms with Gasteiger partial charge in [-0.15, -0.1) is 0 Å². The Kier molecular flexibility index (Phi) is 5.12. The lowest BCUT2D eigenvalue weighted by Crippen LogP contribution is -2.26. The molecule has 8 nitrogen and oxygen atoms in total. The van der Waals surface area contributed by atoms with E-state index >= 15 is 0 Å². The minimum atomic E-state index is 0.342. The average Bonchev–Trinajstić information content (AvgIpc) is 2.82. The molecule has 0 aromatic carbocycles. The highest BCUT2D eigenvalue weighted by Crippen LogP contribution is 2.19. The van der Waals surface area contributed by atoms with Crippen molar-refractivity contribution in [2.45, 2.75) is 39.2 Å². The Morgan fingerprint density at radius 3 is 2.50 bits per heavy atom. The van der Waals surface area contributed by atoms with Crippen molar-refractivity contribution in [3.8, 4) is 6.01 Å². The quantitative estimate of drug-likeness (QED) is 0.896. The van der Waals surface area contributed by atoms with Crippen LogP contribution in [0.3, 0.4) is 0 Å². The molecule has 2 aromatic rings. The van der Waals surface area contributed by atoms with E-state index in [1.54, 1.807) is 7.11 Å². The molecule has 0 aliphatic carbocycles. The molecule has 1 fully saturated rings. The zero-order chi connectivity index (χ0) is 16.9. The first-order chi connectivity index (χ1) is 11.7. The second-order valence-corrected chi connectivity index (χ2v) is 6.08. The van der Waals surface area contributed by atoms with Crippen LogP contribution < -0.4 is 15.0 Å². The van der Waals surface area contributed by atoms with Gasteiger partial charge in [0.05, 0.1) is 13.3 Å². The summed E-state index contributed by atoms with van der Waals surface area (Å²) >= 11 is 0. The maximum Gasteiger partial charge on any atom is 0.322 e. The largest absolute Gasteiger partial charge is 0.467 e. The monoisotopic (exact) mass is 331 g/mol. The van der Waals surface area contributed by atoms with Crippen LogP contribution in [0.2, 0.25) is 0 Å². The molecule has 1 N–H and O–H groups in total. The summed E-state index contributed by atoms with van der Waals surface area (Å²) in [6, 6.07) is 0.342. The third kappa shape index (κ3) is 3.74. The predicted octanol–water partition coefficient (Wildman–Crippen LogP) is 1.91. The third-order valence-corrected chi connectivity index (χ3v) is 4.45. The van der Waals surface area contributed by atoms with E-state index in [2.05, 4.69) is 30.3 Å². The highest BCUT2D eigenvalue weighted by Gasteiger charge is 2.16. The average molecular weight is 331 g/mol. The van der Waals surface area contributed by atoms with Gasteiger partial charge in [-0.2, -0.15) is 20.1 Å². The fourth-order valence-corrected chi connectivity index (χ4v) is 2.82. The molecule has 0 unspecified atom stereocenters. The summed E-state index contributed by atoms with van der Waals surface area (Å²) in [4.78, 5) is 15.5. The van der Waals surface area contributed by atoms with Crippen LogP contribution in [0.15, 0.2) is 6.20 Å². The van der Waals surface area contributed by atoms with E-state index in [1.807, 2.05) is 24.9 Å². The molecule has 1 aliphatic heterocycles. The number of nitrogens with zero attached hydrogens (tertiary/aromatic N) is 6. The molecule has 0 bridgehead atoms. The van der Waals surface area contributed by atoms with Gasteiger partial charge in [0.1, 0.15) is 0 Å². The Hall–Kier alpha value is -2.38. The lowest BCUT2D eigenvalue weighted by molar-refractivity contribution is 0.378. The van der Waals surface area contributed by atoms with Crippen molar-refractivity contribution in [1.82, 2.24) is 24.7 Å². The topological polar surface area (TPSA) is 81.0 Å². The molecular formula is C16H25N7O. The molecule has 24 heavy (non-hydrogen) atoms. The van der Waals surface area contributed by atoms with Crippen LogP contribution in [-0.2, 0) is 13.6 Å². The maximum atomic E-state index is 5.25. The van der Waals surface area contributed by atoms with Gasteiger partial charge in [-0.05, 0) is 19.8 Å². The first kappa shape index (κ1) is 16.5. The fourth-order valence-electron chi connectivity index (χ4n) is 2.82. The number of aromatic nitrogens is 5. The molecular weight excluding hydrogens is 306 g/mol. The van der Waals surface area contributed by atoms with Crippen molar-refractivity contribution in [3.05, 3.63) is 17.5 Å². The standard InChI is InChI=1S/C16H25N7O/c1-12-13(11-18-22(12)2)10-17-14-19-15(21-16(20-14)24-3)23-8-6-4-5-7-9-23/h11H,4-10H2,1-3H3,(H,17,19,20,21). The summed E-state index contributed by atoms with van der Waals surface area (Å²) in [5.74, 6) is 1.22. The van der Waals surface area contributed by atoms with Crippen molar-refractivity contribution >= 4 is 11.9 Å². The van der Waals surface area contributed by atoms with Gasteiger partial charge in [-0.1, -0.05) is 12.8 Å². The lowest BCUT2D eigenvalue weighted by atomic mass is 10.2. The number of hydrogen-bond acceptors (Lipinski definition) is 7. The summed E-state index contributed by atoms with van der Waals surface area (Å²) in [5.41, 5.74) is 2.24. The number of rotatable bonds is 5. The molecule has 0 amide bonds. The molecule has 0 saturated carbocycles. The maximum absolute atomic E-state index is 5.25. The van der Waals surface area contributed by atoms with Gasteiger partial charge in [-0.25, -0.2) is 0 Å². The van der Waals surface area contributed by atoms with E-state index in [4.69, 9.17) is 4.74 Å². The summed E-state index contributed by atoms with van der Waals surface area (Å²) in [6.45, 7) is 4.62. The van der Waals surface area contributed by atoms with E-state index in [9.17, 15) is 0 Å². The molecule has 3 heterocycles. The summed E-state index contributed by atoms with van der Waals surface area (Å²) in [5, 5.41) is 7.52. The number of aryl methyl sites for hydroxylation is 1. The first-order valence-electron chi connectivity index (χ1n) is 8.43. The second-order valence-electron chi connectivity index (χ2n) is 6.08. The number of ether oxygens (including phenoxy) is 1. The molecule has 0 spiro atoms. The van der Waals surface area contributed by atoms with Crippen LogP contribution in [0.5, 0.6) is 6.01 Å². The number of anilines is 2. The number of methoxy groups -OCH3 is 1. The van der Waals surface area contributed by atoms with E-state index < -0.39 is 0 Å². The first-order valence-corrected chi connectivity index (χ1v) is 8.43. The van der Waals surface area contributed by atoms with E-state index in [-0.39, 0.29) is 0 Å². The van der Waals surface area contributed by atoms with Crippen molar-refractivity contribution in [2.24, 2.45) is 7.05 Å². The van der Waals surface area contributed by atoms with E-state index in [1.165, 1.54) is 25.7 Å². The van der Waals surface area contributed by atoms with Crippen LogP contribution in [0.1, 0.15) is 36.9 Å². The van der Waals surface area contributed by atoms with Gasteiger partial charge in [0.2, 0.25) is 11.9 Å². The molecule has 0 radical (unpaired) electrons. The molecule has 0 atom stereocenters. The van der Waals surface area contributed by atoms with Gasteiger partial charge in [0.25, 0.3) is 0 Å². The molecule has 1 aliphatic rings. The Morgan fingerprint density at radius 1 is 1.12 bits per heavy atom. The van der Waals surface area contributed by atoms with Gasteiger partial charge < -0.3 is 15.0 Å². The highest BCUT2D eigenvalue weighted by molar-refractivity contribution is 5.39. The molecule has 1 saturated heterocycles. The van der Waals surface area contributed by atoms with Gasteiger partial charge in [0, 0.05) is 37.9 Å². The van der Waals surface area contributed by atoms with Crippen LogP contribution in [0, 0.1) is 6.92 Å². The molecule has 8 heteroatoms. The highest BCUT2D eigenvalue weighted by atomic mass is 16.5. The predicted molar refractivity (Wildman–Crippen MR) is 92.3 cm³/mol. The summed E-state index contributed by atoms with van der Waals surface area (Å²) in [7, 11) is 3.51. The van der Waals surface area contributed by atoms with Crippen molar-refractivity contribution in [1.29, 1.82) is 0 Å². The van der Waals surface area contributed by atoms with Crippen molar-refractivity contribution in [2.75, 3.05) is 30.4 Å². The van der Waals surface area contributed by atoms with Crippen molar-refractivity contribution < 1.29 is 4.74 Å². The van der Waals surface area contributed by atoms with Gasteiger partial charge in [0.15, 0.2) is 0 Å². The Morgan fingerprint density at radius 2 is 1.88 bits per heavy atom. The second kappa shape index (κ2) is 7.46. The summed E-state index contributed by atoms with van der Waals surface area (Å²) < 4.78 is 7.11. The van der Waals surface area contributed by atoms with Crippen molar-refractivity contribution in [3.63, 3.8) is 0 Å². The lowest BCUT2D eigenvalue weighted by Gasteiger charge is -2.20. The zero-order valence-electron chi connectivity index (χ0n) is 14.6. The number of nitrogens with one attached hydrogen (secondary N) is 1. The van der Waals surface area contributed by atoms with Gasteiger partial charge >= 0.3 is 6.01 Å². The minimum absolute atomic E-state index is 0.342. The Bertz CT molecular complexity index is 677. The van der Waals surface area contributed by atoms with Gasteiger partial charge in [-0.3, -0.25) is 4.68 Å². The van der Waals surface area contributed by atoms with E-state index in [0.29, 0.717) is 24.5 Å². The summed E-state index contributed by atoms with van der Waals surface area (Å²) in [6.07, 6.45) is 6.74. The fraction of sp³-hybridized carbons (Fsp3) is 0.625.